The Morgan fingerprint density at radius 3 is 3.10 bits per heavy atom. The van der Waals surface area contributed by atoms with E-state index in [1.165, 1.54) is 0 Å². The van der Waals surface area contributed by atoms with Crippen molar-refractivity contribution in [1.82, 2.24) is 9.55 Å². The number of imidazole rings is 1. The van der Waals surface area contributed by atoms with Crippen LogP contribution in [0.2, 0.25) is 0 Å². The fraction of sp³-hybridized carbons (Fsp3) is 0.333. The average molecular weight is 286 g/mol. The number of anilines is 2. The normalized spacial score (nSPS) is 13.9. The molecule has 1 aromatic carbocycles. The monoisotopic (exact) mass is 286 g/mol. The molecule has 0 bridgehead atoms. The summed E-state index contributed by atoms with van der Waals surface area (Å²) in [7, 11) is 0. The highest BCUT2D eigenvalue weighted by Gasteiger charge is 2.20. The molecule has 0 fully saturated rings. The van der Waals surface area contributed by atoms with E-state index in [0.717, 1.165) is 24.6 Å². The van der Waals surface area contributed by atoms with E-state index in [9.17, 15) is 4.79 Å². The minimum absolute atomic E-state index is 0.322. The molecule has 21 heavy (non-hydrogen) atoms. The van der Waals surface area contributed by atoms with Crippen LogP contribution in [0.25, 0.3) is 0 Å². The van der Waals surface area contributed by atoms with Gasteiger partial charge in [0, 0.05) is 25.5 Å². The van der Waals surface area contributed by atoms with Gasteiger partial charge in [0.2, 0.25) is 0 Å². The summed E-state index contributed by atoms with van der Waals surface area (Å²) in [5, 5.41) is 0. The summed E-state index contributed by atoms with van der Waals surface area (Å²) in [6.45, 7) is 4.53. The molecule has 6 heteroatoms. The minimum atomic E-state index is -0.322. The van der Waals surface area contributed by atoms with Crippen molar-refractivity contribution in [2.75, 3.05) is 23.8 Å². The predicted octanol–water partition coefficient (Wildman–Crippen LogP) is 1.66. The molecule has 1 aliphatic rings. The first-order chi connectivity index (χ1) is 10.2. The zero-order valence-corrected chi connectivity index (χ0v) is 12.0. The number of carbonyl (C=O) groups is 1. The fourth-order valence-electron chi connectivity index (χ4n) is 2.54. The van der Waals surface area contributed by atoms with Crippen molar-refractivity contribution in [3.8, 4) is 0 Å². The quantitative estimate of drug-likeness (QED) is 0.686. The summed E-state index contributed by atoms with van der Waals surface area (Å²) in [6, 6.07) is 5.25. The van der Waals surface area contributed by atoms with Gasteiger partial charge >= 0.3 is 5.97 Å². The highest BCUT2D eigenvalue weighted by molar-refractivity contribution is 5.92. The summed E-state index contributed by atoms with van der Waals surface area (Å²) in [6.07, 6.45) is 3.78. The van der Waals surface area contributed by atoms with Crippen molar-refractivity contribution in [2.45, 2.75) is 20.0 Å². The van der Waals surface area contributed by atoms with Crippen LogP contribution in [0.4, 0.5) is 11.4 Å². The Morgan fingerprint density at radius 2 is 2.29 bits per heavy atom. The minimum Gasteiger partial charge on any atom is -0.462 e. The van der Waals surface area contributed by atoms with Gasteiger partial charge in [0.1, 0.15) is 5.82 Å². The number of ether oxygens (including phenoxy) is 1. The van der Waals surface area contributed by atoms with Gasteiger partial charge in [0.15, 0.2) is 0 Å². The number of aromatic nitrogens is 2. The van der Waals surface area contributed by atoms with Crippen LogP contribution in [0.15, 0.2) is 30.6 Å². The first kappa shape index (κ1) is 13.5. The molecule has 0 spiro atoms. The molecule has 6 nitrogen and oxygen atoms in total. The molecule has 3 rings (SSSR count). The van der Waals surface area contributed by atoms with Gasteiger partial charge in [-0.2, -0.15) is 0 Å². The lowest BCUT2D eigenvalue weighted by atomic mass is 10.1. The van der Waals surface area contributed by atoms with Crippen LogP contribution >= 0.6 is 0 Å². The zero-order chi connectivity index (χ0) is 14.8. The lowest BCUT2D eigenvalue weighted by Crippen LogP contribution is -2.34. The van der Waals surface area contributed by atoms with Gasteiger partial charge in [-0.25, -0.2) is 9.78 Å². The van der Waals surface area contributed by atoms with Crippen LogP contribution < -0.4 is 10.6 Å². The van der Waals surface area contributed by atoms with Crippen LogP contribution in [-0.4, -0.2) is 28.7 Å². The number of rotatable bonds is 3. The molecule has 0 amide bonds. The molecule has 0 unspecified atom stereocenters. The van der Waals surface area contributed by atoms with Crippen LogP contribution in [0.5, 0.6) is 0 Å². The number of benzene rings is 1. The largest absolute Gasteiger partial charge is 0.462 e. The van der Waals surface area contributed by atoms with E-state index in [1.54, 1.807) is 31.3 Å². The summed E-state index contributed by atoms with van der Waals surface area (Å²) in [4.78, 5) is 18.3. The first-order valence-corrected chi connectivity index (χ1v) is 7.00. The van der Waals surface area contributed by atoms with Gasteiger partial charge in [-0.15, -0.1) is 0 Å². The van der Waals surface area contributed by atoms with Crippen molar-refractivity contribution in [1.29, 1.82) is 0 Å². The third kappa shape index (κ3) is 2.56. The highest BCUT2D eigenvalue weighted by atomic mass is 16.5. The second kappa shape index (κ2) is 5.47. The molecule has 1 aliphatic heterocycles. The number of fused-ring (bicyclic) bond motifs is 1. The molecule has 2 N–H and O–H groups in total. The van der Waals surface area contributed by atoms with E-state index in [1.807, 2.05) is 6.20 Å². The standard InChI is InChI=1S/C15H18N4O2/c1-2-21-15(20)11-3-4-12(16)13(9-11)19-8-7-18-6-5-17-14(18)10-19/h3-6,9H,2,7-8,10,16H2,1H3. The van der Waals surface area contributed by atoms with Gasteiger partial charge in [-0.1, -0.05) is 0 Å². The Kier molecular flexibility index (Phi) is 3.51. The van der Waals surface area contributed by atoms with Crippen molar-refractivity contribution in [3.63, 3.8) is 0 Å². The third-order valence-electron chi connectivity index (χ3n) is 3.63. The van der Waals surface area contributed by atoms with Gasteiger partial charge < -0.3 is 19.9 Å². The topological polar surface area (TPSA) is 73.4 Å². The highest BCUT2D eigenvalue weighted by Crippen LogP contribution is 2.28. The number of carbonyl (C=O) groups excluding carboxylic acids is 1. The second-order valence-corrected chi connectivity index (χ2v) is 4.95. The Morgan fingerprint density at radius 1 is 1.43 bits per heavy atom. The number of hydrogen-bond acceptors (Lipinski definition) is 5. The van der Waals surface area contributed by atoms with Crippen LogP contribution in [0, 0.1) is 0 Å². The molecule has 0 aliphatic carbocycles. The molecule has 1 aromatic heterocycles. The zero-order valence-electron chi connectivity index (χ0n) is 12.0. The van der Waals surface area contributed by atoms with Gasteiger partial charge in [-0.3, -0.25) is 0 Å². The van der Waals surface area contributed by atoms with Crippen LogP contribution in [0.1, 0.15) is 23.1 Å². The van der Waals surface area contributed by atoms with Crippen molar-refractivity contribution in [2.24, 2.45) is 0 Å². The van der Waals surface area contributed by atoms with Crippen molar-refractivity contribution < 1.29 is 9.53 Å². The molecule has 2 aromatic rings. The summed E-state index contributed by atoms with van der Waals surface area (Å²) in [5.74, 6) is 0.680. The van der Waals surface area contributed by atoms with Gasteiger partial charge in [-0.05, 0) is 25.1 Å². The fourth-order valence-corrected chi connectivity index (χ4v) is 2.54. The number of nitrogens with two attached hydrogens (primary N) is 1. The maximum Gasteiger partial charge on any atom is 0.338 e. The summed E-state index contributed by atoms with van der Waals surface area (Å²) < 4.78 is 7.17. The molecule has 0 saturated carbocycles. The van der Waals surface area contributed by atoms with Crippen LogP contribution in [-0.2, 0) is 17.8 Å². The van der Waals surface area contributed by atoms with Crippen LogP contribution in [0.3, 0.4) is 0 Å². The van der Waals surface area contributed by atoms with E-state index in [0.29, 0.717) is 24.4 Å². The summed E-state index contributed by atoms with van der Waals surface area (Å²) >= 11 is 0. The van der Waals surface area contributed by atoms with E-state index in [2.05, 4.69) is 14.5 Å². The Bertz CT molecular complexity index is 665. The molecule has 0 atom stereocenters. The Hall–Kier alpha value is -2.50. The molecular weight excluding hydrogens is 268 g/mol. The van der Waals surface area contributed by atoms with E-state index < -0.39 is 0 Å². The maximum absolute atomic E-state index is 11.9. The third-order valence-corrected chi connectivity index (χ3v) is 3.63. The van der Waals surface area contributed by atoms with Gasteiger partial charge in [0.25, 0.3) is 0 Å². The smallest absolute Gasteiger partial charge is 0.338 e. The molecule has 0 saturated heterocycles. The van der Waals surface area contributed by atoms with Gasteiger partial charge in [0.05, 0.1) is 30.1 Å². The van der Waals surface area contributed by atoms with E-state index >= 15 is 0 Å². The maximum atomic E-state index is 11.9. The first-order valence-electron chi connectivity index (χ1n) is 7.00. The molecular formula is C15H18N4O2. The van der Waals surface area contributed by atoms with E-state index in [-0.39, 0.29) is 5.97 Å². The summed E-state index contributed by atoms with van der Waals surface area (Å²) in [5.41, 5.74) is 8.10. The van der Waals surface area contributed by atoms with E-state index in [4.69, 9.17) is 10.5 Å². The number of hydrogen-bond donors (Lipinski definition) is 1. The predicted molar refractivity (Wildman–Crippen MR) is 80.1 cm³/mol. The second-order valence-electron chi connectivity index (χ2n) is 4.95. The van der Waals surface area contributed by atoms with Crippen molar-refractivity contribution >= 4 is 17.3 Å². The lowest BCUT2D eigenvalue weighted by Gasteiger charge is -2.30. The molecule has 110 valence electrons. The number of esters is 1. The Balaban J connectivity index is 1.88. The molecule has 2 heterocycles. The number of nitrogens with zero attached hydrogens (tertiary/aromatic N) is 3. The van der Waals surface area contributed by atoms with Crippen molar-refractivity contribution in [3.05, 3.63) is 42.0 Å². The SMILES string of the molecule is CCOC(=O)c1ccc(N)c(N2CCn3ccnc3C2)c1. The average Bonchev–Trinajstić information content (AvgIpc) is 2.95. The lowest BCUT2D eigenvalue weighted by molar-refractivity contribution is 0.0526. The molecule has 0 radical (unpaired) electrons. The Labute approximate surface area is 123 Å². The number of nitrogen functional groups attached to an aromatic ring is 1.